The number of amides is 1. The highest BCUT2D eigenvalue weighted by molar-refractivity contribution is 5.98. The zero-order chi connectivity index (χ0) is 35.1. The first kappa shape index (κ1) is 36.0. The molecule has 0 radical (unpaired) electrons. The fourth-order valence-corrected chi connectivity index (χ4v) is 7.17. The van der Waals surface area contributed by atoms with Gasteiger partial charge in [0.1, 0.15) is 23.9 Å². The number of hydrogen-bond donors (Lipinski definition) is 1. The van der Waals surface area contributed by atoms with Crippen LogP contribution in [0.3, 0.4) is 0 Å². The van der Waals surface area contributed by atoms with E-state index < -0.39 is 18.6 Å². The molecule has 5 nitrogen and oxygen atoms in total. The molecule has 3 aromatic carbocycles. The Morgan fingerprint density at radius 2 is 1.80 bits per heavy atom. The lowest BCUT2D eigenvalue weighted by atomic mass is 9.75. The van der Waals surface area contributed by atoms with E-state index in [4.69, 9.17) is 9.73 Å². The standard InChI is InChI=1S/C40H44F4N2O3/c1-4-32-34(39(48)46-24-40(42,43)44)18-19-36-35(32)22-28(23-45-36)9-5-7-27-8-6-10-33(25(2)11-12-27)38(47)29-13-16-31(17-14-29)49-37-20-15-30(41)21-26(37)3/h4,13-22,25,27-28,33H,1,5-12,23-24H2,2-3H3,(H,46,48). The molecule has 4 atom stereocenters. The average Bonchev–Trinajstić information content (AvgIpc) is 3.07. The Morgan fingerprint density at radius 1 is 1.02 bits per heavy atom. The highest BCUT2D eigenvalue weighted by Gasteiger charge is 2.30. The van der Waals surface area contributed by atoms with Gasteiger partial charge in [0.25, 0.3) is 5.91 Å². The van der Waals surface area contributed by atoms with Crippen molar-refractivity contribution in [2.45, 2.75) is 71.4 Å². The Kier molecular flexibility index (Phi) is 11.7. The Labute approximate surface area is 285 Å². The van der Waals surface area contributed by atoms with Crippen LogP contribution in [-0.2, 0) is 0 Å². The second-order valence-electron chi connectivity index (χ2n) is 13.5. The normalized spacial score (nSPS) is 20.9. The van der Waals surface area contributed by atoms with Gasteiger partial charge in [0.2, 0.25) is 0 Å². The molecule has 0 spiro atoms. The summed E-state index contributed by atoms with van der Waals surface area (Å²) >= 11 is 0. The van der Waals surface area contributed by atoms with Gasteiger partial charge in [0.05, 0.1) is 5.36 Å². The second-order valence-corrected chi connectivity index (χ2v) is 13.5. The zero-order valence-electron chi connectivity index (χ0n) is 28.1. The molecule has 1 amide bonds. The van der Waals surface area contributed by atoms with E-state index in [0.717, 1.165) is 61.9 Å². The van der Waals surface area contributed by atoms with Crippen molar-refractivity contribution in [2.75, 3.05) is 13.1 Å². The highest BCUT2D eigenvalue weighted by atomic mass is 19.4. The van der Waals surface area contributed by atoms with E-state index >= 15 is 0 Å². The number of fused-ring (bicyclic) bond motifs is 1. The number of rotatable bonds is 11. The molecular weight excluding hydrogens is 632 g/mol. The molecule has 0 bridgehead atoms. The molecule has 1 saturated carbocycles. The van der Waals surface area contributed by atoms with Crippen molar-refractivity contribution in [3.05, 3.63) is 99.8 Å². The molecule has 260 valence electrons. The molecule has 1 aliphatic heterocycles. The first-order chi connectivity index (χ1) is 23.4. The van der Waals surface area contributed by atoms with E-state index in [1.165, 1.54) is 24.3 Å². The van der Waals surface area contributed by atoms with Gasteiger partial charge in [0, 0.05) is 28.8 Å². The number of benzene rings is 3. The third kappa shape index (κ3) is 9.46. The summed E-state index contributed by atoms with van der Waals surface area (Å²) in [7, 11) is 0. The molecule has 2 aliphatic rings. The Bertz CT molecular complexity index is 1780. The number of carbonyl (C=O) groups is 2. The lowest BCUT2D eigenvalue weighted by molar-refractivity contribution is -0.123. The maximum absolute atomic E-state index is 13.6. The minimum absolute atomic E-state index is 0.0231. The maximum atomic E-state index is 13.6. The van der Waals surface area contributed by atoms with Gasteiger partial charge in [-0.2, -0.15) is 13.2 Å². The summed E-state index contributed by atoms with van der Waals surface area (Å²) in [6, 6.07) is 14.8. The largest absolute Gasteiger partial charge is 0.457 e. The van der Waals surface area contributed by atoms with Crippen LogP contribution in [0.5, 0.6) is 11.5 Å². The number of halogens is 4. The third-order valence-electron chi connectivity index (χ3n) is 9.93. The molecule has 1 aliphatic carbocycles. The van der Waals surface area contributed by atoms with Crippen LogP contribution in [0, 0.1) is 36.4 Å². The SMILES string of the molecule is C=Cc1c(C(=O)NCC(F)(F)F)ccc2c1=CC(CCCC1CCCC(C(=O)c3ccc(Oc4ccc(F)cc4C)cc3)C(C)CC1)CN=2. The van der Waals surface area contributed by atoms with Crippen LogP contribution in [0.1, 0.15) is 90.1 Å². The van der Waals surface area contributed by atoms with Crippen LogP contribution in [-0.4, -0.2) is 31.0 Å². The summed E-state index contributed by atoms with van der Waals surface area (Å²) in [4.78, 5) is 30.8. The average molecular weight is 677 g/mol. The van der Waals surface area contributed by atoms with Gasteiger partial charge in [-0.15, -0.1) is 0 Å². The van der Waals surface area contributed by atoms with Crippen LogP contribution >= 0.6 is 0 Å². The summed E-state index contributed by atoms with van der Waals surface area (Å²) in [5.41, 5.74) is 2.05. The molecule has 3 aromatic rings. The topological polar surface area (TPSA) is 67.8 Å². The second kappa shape index (κ2) is 16.0. The predicted molar refractivity (Wildman–Crippen MR) is 184 cm³/mol. The van der Waals surface area contributed by atoms with Crippen molar-refractivity contribution in [1.82, 2.24) is 5.32 Å². The van der Waals surface area contributed by atoms with Gasteiger partial charge in [0.15, 0.2) is 5.78 Å². The van der Waals surface area contributed by atoms with E-state index in [0.29, 0.717) is 40.7 Å². The first-order valence-electron chi connectivity index (χ1n) is 17.2. The van der Waals surface area contributed by atoms with Gasteiger partial charge >= 0.3 is 6.18 Å². The Balaban J connectivity index is 1.12. The van der Waals surface area contributed by atoms with Crippen molar-refractivity contribution >= 4 is 23.8 Å². The van der Waals surface area contributed by atoms with Gasteiger partial charge < -0.3 is 10.1 Å². The molecule has 9 heteroatoms. The fourth-order valence-electron chi connectivity index (χ4n) is 7.17. The Hall–Kier alpha value is -4.27. The van der Waals surface area contributed by atoms with Gasteiger partial charge in [-0.3, -0.25) is 14.6 Å². The van der Waals surface area contributed by atoms with E-state index in [-0.39, 0.29) is 34.9 Å². The fraction of sp³-hybridized carbons (Fsp3) is 0.425. The van der Waals surface area contributed by atoms with Crippen LogP contribution in [0.15, 0.2) is 66.2 Å². The summed E-state index contributed by atoms with van der Waals surface area (Å²) in [5, 5.41) is 3.43. The lowest BCUT2D eigenvalue weighted by Gasteiger charge is -2.29. The summed E-state index contributed by atoms with van der Waals surface area (Å²) in [6.45, 7) is 7.03. The Morgan fingerprint density at radius 3 is 2.51 bits per heavy atom. The number of nitrogens with one attached hydrogen (secondary N) is 1. The number of hydrogen-bond acceptors (Lipinski definition) is 4. The smallest absolute Gasteiger partial charge is 0.405 e. The maximum Gasteiger partial charge on any atom is 0.405 e. The van der Waals surface area contributed by atoms with E-state index in [2.05, 4.69) is 19.6 Å². The molecule has 1 heterocycles. The zero-order valence-corrected chi connectivity index (χ0v) is 28.1. The first-order valence-corrected chi connectivity index (χ1v) is 17.2. The molecule has 4 unspecified atom stereocenters. The van der Waals surface area contributed by atoms with Crippen LogP contribution in [0.25, 0.3) is 12.2 Å². The van der Waals surface area contributed by atoms with E-state index in [9.17, 15) is 27.2 Å². The molecule has 1 N–H and O–H groups in total. The summed E-state index contributed by atoms with van der Waals surface area (Å²) in [6.07, 6.45) is 7.17. The third-order valence-corrected chi connectivity index (χ3v) is 9.93. The number of ketones is 1. The molecule has 1 fully saturated rings. The minimum atomic E-state index is -4.49. The van der Waals surface area contributed by atoms with Crippen molar-refractivity contribution in [2.24, 2.45) is 28.7 Å². The molecule has 0 saturated heterocycles. The number of aryl methyl sites for hydroxylation is 1. The minimum Gasteiger partial charge on any atom is -0.457 e. The van der Waals surface area contributed by atoms with Crippen LogP contribution < -0.4 is 20.6 Å². The summed E-state index contributed by atoms with van der Waals surface area (Å²) < 4.78 is 57.3. The van der Waals surface area contributed by atoms with Crippen LogP contribution in [0.4, 0.5) is 17.6 Å². The van der Waals surface area contributed by atoms with Crippen molar-refractivity contribution in [3.63, 3.8) is 0 Å². The molecular formula is C40H44F4N2O3. The molecule has 5 rings (SSSR count). The number of alkyl halides is 3. The number of nitrogens with zero attached hydrogens (tertiary/aromatic N) is 1. The molecule has 49 heavy (non-hydrogen) atoms. The van der Waals surface area contributed by atoms with Crippen molar-refractivity contribution in [1.29, 1.82) is 0 Å². The van der Waals surface area contributed by atoms with E-state index in [1.807, 2.05) is 17.4 Å². The van der Waals surface area contributed by atoms with Crippen molar-refractivity contribution in [3.8, 4) is 11.5 Å². The molecule has 0 aromatic heterocycles. The quantitative estimate of drug-likeness (QED) is 0.163. The van der Waals surface area contributed by atoms with Gasteiger partial charge in [-0.25, -0.2) is 4.39 Å². The van der Waals surface area contributed by atoms with Crippen molar-refractivity contribution < 1.29 is 31.9 Å². The van der Waals surface area contributed by atoms with Gasteiger partial charge in [-0.05, 0) is 110 Å². The number of carbonyl (C=O) groups excluding carboxylic acids is 2. The van der Waals surface area contributed by atoms with Gasteiger partial charge in [-0.1, -0.05) is 57.8 Å². The van der Waals surface area contributed by atoms with Crippen LogP contribution in [0.2, 0.25) is 0 Å². The predicted octanol–water partition coefficient (Wildman–Crippen LogP) is 8.78. The lowest BCUT2D eigenvalue weighted by Crippen LogP contribution is -2.38. The number of ether oxygens (including phenoxy) is 1. The van der Waals surface area contributed by atoms with E-state index in [1.54, 1.807) is 31.2 Å². The monoisotopic (exact) mass is 676 g/mol. The summed E-state index contributed by atoms with van der Waals surface area (Å²) in [5.74, 6) is 1.26. The highest BCUT2D eigenvalue weighted by Crippen LogP contribution is 2.35. The number of Topliss-reactive ketones (excluding diaryl/α,β-unsaturated/α-hetero) is 1.